The number of nitrogens with one attached hydrogen (secondary N) is 1. The van der Waals surface area contributed by atoms with Crippen molar-refractivity contribution < 1.29 is 32.5 Å². The smallest absolute Gasteiger partial charge is 0.335 e. The SMILES string of the molecule is COc1cc(NS(=O)(=O)c2ccc(C(=O)O)cc2)cc(OC)c1OC. The first kappa shape index (κ1) is 18.4. The lowest BCUT2D eigenvalue weighted by Crippen LogP contribution is -2.13. The number of carboxylic acids is 1. The summed E-state index contributed by atoms with van der Waals surface area (Å²) in [6, 6.07) is 7.75. The third kappa shape index (κ3) is 3.94. The molecule has 0 aliphatic carbocycles. The second kappa shape index (κ2) is 7.31. The van der Waals surface area contributed by atoms with E-state index in [-0.39, 0.29) is 16.1 Å². The van der Waals surface area contributed by atoms with E-state index in [4.69, 9.17) is 19.3 Å². The molecule has 0 fully saturated rings. The van der Waals surface area contributed by atoms with E-state index in [0.717, 1.165) is 0 Å². The molecular weight excluding hydrogens is 350 g/mol. The van der Waals surface area contributed by atoms with E-state index in [0.29, 0.717) is 17.2 Å². The van der Waals surface area contributed by atoms with E-state index in [1.165, 1.54) is 57.7 Å². The number of hydrogen-bond acceptors (Lipinski definition) is 6. The van der Waals surface area contributed by atoms with Gasteiger partial charge in [0.2, 0.25) is 5.75 Å². The van der Waals surface area contributed by atoms with Crippen molar-refractivity contribution in [3.8, 4) is 17.2 Å². The van der Waals surface area contributed by atoms with Crippen LogP contribution in [0.5, 0.6) is 17.2 Å². The van der Waals surface area contributed by atoms with Crippen molar-refractivity contribution >= 4 is 21.7 Å². The van der Waals surface area contributed by atoms with Crippen molar-refractivity contribution in [2.45, 2.75) is 4.90 Å². The maximum absolute atomic E-state index is 12.5. The second-order valence-electron chi connectivity index (χ2n) is 4.85. The summed E-state index contributed by atoms with van der Waals surface area (Å²) in [7, 11) is 0.352. The first-order valence-corrected chi connectivity index (χ1v) is 8.47. The maximum Gasteiger partial charge on any atom is 0.335 e. The first-order valence-electron chi connectivity index (χ1n) is 6.98. The lowest BCUT2D eigenvalue weighted by atomic mass is 10.2. The third-order valence-electron chi connectivity index (χ3n) is 3.33. The van der Waals surface area contributed by atoms with Gasteiger partial charge in [0, 0.05) is 12.1 Å². The fraction of sp³-hybridized carbons (Fsp3) is 0.188. The van der Waals surface area contributed by atoms with Gasteiger partial charge < -0.3 is 19.3 Å². The zero-order chi connectivity index (χ0) is 18.6. The third-order valence-corrected chi connectivity index (χ3v) is 4.73. The molecule has 0 unspecified atom stereocenters. The van der Waals surface area contributed by atoms with Crippen molar-refractivity contribution in [2.75, 3.05) is 26.1 Å². The molecule has 0 aliphatic rings. The number of benzene rings is 2. The van der Waals surface area contributed by atoms with E-state index >= 15 is 0 Å². The number of hydrogen-bond donors (Lipinski definition) is 2. The molecule has 0 aromatic heterocycles. The van der Waals surface area contributed by atoms with Crippen LogP contribution in [0.25, 0.3) is 0 Å². The molecule has 134 valence electrons. The molecule has 2 rings (SSSR count). The minimum absolute atomic E-state index is 0.00765. The summed E-state index contributed by atoms with van der Waals surface area (Å²) in [5.74, 6) is -0.221. The Hall–Kier alpha value is -2.94. The Kier molecular flexibility index (Phi) is 5.38. The Morgan fingerprint density at radius 3 is 1.88 bits per heavy atom. The highest BCUT2D eigenvalue weighted by Gasteiger charge is 2.19. The van der Waals surface area contributed by atoms with Crippen molar-refractivity contribution in [1.82, 2.24) is 0 Å². The van der Waals surface area contributed by atoms with Crippen molar-refractivity contribution in [1.29, 1.82) is 0 Å². The van der Waals surface area contributed by atoms with Gasteiger partial charge >= 0.3 is 5.97 Å². The van der Waals surface area contributed by atoms with Crippen LogP contribution in [-0.2, 0) is 10.0 Å². The summed E-state index contributed by atoms with van der Waals surface area (Å²) >= 11 is 0. The second-order valence-corrected chi connectivity index (χ2v) is 6.53. The molecule has 2 N–H and O–H groups in total. The molecule has 8 nitrogen and oxygen atoms in total. The van der Waals surface area contributed by atoms with Crippen LogP contribution in [0.2, 0.25) is 0 Å². The van der Waals surface area contributed by atoms with Gasteiger partial charge in [-0.2, -0.15) is 0 Å². The van der Waals surface area contributed by atoms with Gasteiger partial charge in [0.15, 0.2) is 11.5 Å². The van der Waals surface area contributed by atoms with E-state index in [2.05, 4.69) is 4.72 Å². The van der Waals surface area contributed by atoms with Crippen LogP contribution < -0.4 is 18.9 Å². The number of rotatable bonds is 7. The number of carbonyl (C=O) groups is 1. The van der Waals surface area contributed by atoms with Crippen LogP contribution in [0.4, 0.5) is 5.69 Å². The fourth-order valence-corrected chi connectivity index (χ4v) is 3.17. The van der Waals surface area contributed by atoms with Gasteiger partial charge in [-0.05, 0) is 24.3 Å². The summed E-state index contributed by atoms with van der Waals surface area (Å²) in [4.78, 5) is 10.8. The number of aromatic carboxylic acids is 1. The van der Waals surface area contributed by atoms with Crippen molar-refractivity contribution in [3.63, 3.8) is 0 Å². The van der Waals surface area contributed by atoms with Crippen molar-refractivity contribution in [2.24, 2.45) is 0 Å². The first-order chi connectivity index (χ1) is 11.8. The molecule has 2 aromatic carbocycles. The minimum Gasteiger partial charge on any atom is -0.493 e. The van der Waals surface area contributed by atoms with Gasteiger partial charge in [-0.25, -0.2) is 13.2 Å². The normalized spacial score (nSPS) is 10.8. The largest absolute Gasteiger partial charge is 0.493 e. The molecule has 0 radical (unpaired) electrons. The quantitative estimate of drug-likeness (QED) is 0.772. The average Bonchev–Trinajstić information content (AvgIpc) is 2.60. The summed E-state index contributed by atoms with van der Waals surface area (Å²) in [5, 5.41) is 8.87. The zero-order valence-corrected chi connectivity index (χ0v) is 14.6. The van der Waals surface area contributed by atoms with E-state index in [1.54, 1.807) is 0 Å². The monoisotopic (exact) mass is 367 g/mol. The predicted molar refractivity (Wildman–Crippen MR) is 90.3 cm³/mol. The minimum atomic E-state index is -3.92. The molecule has 0 saturated carbocycles. The average molecular weight is 367 g/mol. The lowest BCUT2D eigenvalue weighted by molar-refractivity contribution is 0.0696. The Labute approximate surface area is 145 Å². The van der Waals surface area contributed by atoms with Gasteiger partial charge in [0.25, 0.3) is 10.0 Å². The fourth-order valence-electron chi connectivity index (χ4n) is 2.13. The molecule has 0 saturated heterocycles. The number of methoxy groups -OCH3 is 3. The molecule has 0 bridgehead atoms. The van der Waals surface area contributed by atoms with Gasteiger partial charge in [-0.1, -0.05) is 0 Å². The zero-order valence-electron chi connectivity index (χ0n) is 13.8. The number of anilines is 1. The Morgan fingerprint density at radius 1 is 0.960 bits per heavy atom. The van der Waals surface area contributed by atoms with Gasteiger partial charge in [-0.15, -0.1) is 0 Å². The van der Waals surface area contributed by atoms with Crippen LogP contribution >= 0.6 is 0 Å². The van der Waals surface area contributed by atoms with Crippen LogP contribution in [0, 0.1) is 0 Å². The molecule has 0 heterocycles. The highest BCUT2D eigenvalue weighted by atomic mass is 32.2. The predicted octanol–water partition coefficient (Wildman–Crippen LogP) is 2.21. The molecule has 9 heteroatoms. The Bertz CT molecular complexity index is 851. The van der Waals surface area contributed by atoms with Crippen molar-refractivity contribution in [3.05, 3.63) is 42.0 Å². The summed E-state index contributed by atoms with van der Waals surface area (Å²) in [6.07, 6.45) is 0. The number of carboxylic acid groups (broad SMARTS) is 1. The molecule has 0 atom stereocenters. The molecule has 25 heavy (non-hydrogen) atoms. The van der Waals surface area contributed by atoms with Crippen LogP contribution in [-0.4, -0.2) is 40.8 Å². The van der Waals surface area contributed by atoms with Gasteiger partial charge in [0.1, 0.15) is 0 Å². The Balaban J connectivity index is 2.38. The van der Waals surface area contributed by atoms with Gasteiger partial charge in [0.05, 0.1) is 37.5 Å². The summed E-state index contributed by atoms with van der Waals surface area (Å²) in [6.45, 7) is 0. The van der Waals surface area contributed by atoms with Crippen LogP contribution in [0.15, 0.2) is 41.3 Å². The maximum atomic E-state index is 12.5. The van der Waals surface area contributed by atoms with E-state index < -0.39 is 16.0 Å². The van der Waals surface area contributed by atoms with E-state index in [1.807, 2.05) is 0 Å². The summed E-state index contributed by atoms with van der Waals surface area (Å²) < 4.78 is 42.9. The molecular formula is C16H17NO7S. The van der Waals surface area contributed by atoms with E-state index in [9.17, 15) is 13.2 Å². The van der Waals surface area contributed by atoms with Crippen LogP contribution in [0.3, 0.4) is 0 Å². The number of ether oxygens (including phenoxy) is 3. The lowest BCUT2D eigenvalue weighted by Gasteiger charge is -2.15. The number of sulfonamides is 1. The highest BCUT2D eigenvalue weighted by Crippen LogP contribution is 2.40. The van der Waals surface area contributed by atoms with Gasteiger partial charge in [-0.3, -0.25) is 4.72 Å². The standard InChI is InChI=1S/C16H17NO7S/c1-22-13-8-11(9-14(23-2)15(13)24-3)17-25(20,21)12-6-4-10(5-7-12)16(18)19/h4-9,17H,1-3H3,(H,18,19). The summed E-state index contributed by atoms with van der Waals surface area (Å²) in [5.41, 5.74) is 0.198. The molecule has 2 aromatic rings. The molecule has 0 amide bonds. The van der Waals surface area contributed by atoms with Crippen LogP contribution in [0.1, 0.15) is 10.4 Å². The highest BCUT2D eigenvalue weighted by molar-refractivity contribution is 7.92. The molecule has 0 aliphatic heterocycles. The molecule has 0 spiro atoms. The topological polar surface area (TPSA) is 111 Å². The Morgan fingerprint density at radius 2 is 1.48 bits per heavy atom.